The van der Waals surface area contributed by atoms with Gasteiger partial charge in [0.25, 0.3) is 0 Å². The van der Waals surface area contributed by atoms with E-state index in [0.717, 1.165) is 35.5 Å². The quantitative estimate of drug-likeness (QED) is 0.581. The van der Waals surface area contributed by atoms with Gasteiger partial charge >= 0.3 is 0 Å². The molecule has 0 bridgehead atoms. The second-order valence-electron chi connectivity index (χ2n) is 8.39. The van der Waals surface area contributed by atoms with Crippen molar-refractivity contribution in [1.82, 2.24) is 10.2 Å². The fourth-order valence-electron chi connectivity index (χ4n) is 4.41. The van der Waals surface area contributed by atoms with E-state index < -0.39 is 0 Å². The number of benzene rings is 1. The topological polar surface area (TPSA) is 62.9 Å². The van der Waals surface area contributed by atoms with Crippen molar-refractivity contribution in [3.63, 3.8) is 0 Å². The van der Waals surface area contributed by atoms with Crippen LogP contribution in [0.2, 0.25) is 0 Å². The molecule has 4 rings (SSSR count). The van der Waals surface area contributed by atoms with Gasteiger partial charge in [-0.05, 0) is 62.3 Å². The lowest BCUT2D eigenvalue weighted by Crippen LogP contribution is -2.45. The van der Waals surface area contributed by atoms with E-state index in [1.807, 2.05) is 6.20 Å². The Morgan fingerprint density at radius 2 is 2.00 bits per heavy atom. The van der Waals surface area contributed by atoms with Crippen LogP contribution in [0, 0.1) is 5.92 Å². The highest BCUT2D eigenvalue weighted by atomic mass is 16.5. The van der Waals surface area contributed by atoms with Gasteiger partial charge in [0.2, 0.25) is 0 Å². The Balaban J connectivity index is 1.49. The van der Waals surface area contributed by atoms with Gasteiger partial charge in [-0.25, -0.2) is 4.99 Å². The van der Waals surface area contributed by atoms with Gasteiger partial charge in [0.1, 0.15) is 23.4 Å². The molecule has 2 aliphatic heterocycles. The second-order valence-corrected chi connectivity index (χ2v) is 8.39. The first-order valence-corrected chi connectivity index (χ1v) is 11.3. The lowest BCUT2D eigenvalue weighted by Gasteiger charge is -2.37. The minimum atomic E-state index is 0.276. The lowest BCUT2D eigenvalue weighted by molar-refractivity contribution is 0.164. The van der Waals surface area contributed by atoms with Crippen molar-refractivity contribution in [2.75, 3.05) is 0 Å². The number of nitrogens with zero attached hydrogens (tertiary/aromatic N) is 2. The molecule has 0 radical (unpaired) electrons. The number of nitrogens with two attached hydrogens (primary N) is 1. The number of hydrogen-bond donors (Lipinski definition) is 2. The van der Waals surface area contributed by atoms with Crippen LogP contribution in [0.1, 0.15) is 70.8 Å². The van der Waals surface area contributed by atoms with Gasteiger partial charge in [0.15, 0.2) is 0 Å². The highest BCUT2D eigenvalue weighted by Gasteiger charge is 2.40. The molecule has 3 N–H and O–H groups in total. The van der Waals surface area contributed by atoms with E-state index in [1.54, 1.807) is 6.20 Å². The predicted molar refractivity (Wildman–Crippen MR) is 119 cm³/mol. The molecular weight excluding hydrogens is 360 g/mol. The second kappa shape index (κ2) is 8.93. The average Bonchev–Trinajstić information content (AvgIpc) is 3.07. The summed E-state index contributed by atoms with van der Waals surface area (Å²) in [6.07, 6.45) is 14.2. The summed E-state index contributed by atoms with van der Waals surface area (Å²) >= 11 is 0. The number of fused-ring (bicyclic) bond motifs is 1. The Kier molecular flexibility index (Phi) is 6.12. The first-order valence-electron chi connectivity index (χ1n) is 11.3. The summed E-state index contributed by atoms with van der Waals surface area (Å²) in [6.45, 7) is 4.44. The van der Waals surface area contributed by atoms with E-state index in [1.165, 1.54) is 38.5 Å². The standard InChI is InChI=1S/C24H34N4O/c1-3-5-6-10-19(4-2)29-20-13-11-17(12-14-20)21-22-23(25)26-15-16-28(22)24(27-21)18-8-7-9-18/h11-16,18-19,24,27H,3-10H2,1-2H3,(H2,25,26). The Labute approximate surface area is 174 Å². The van der Waals surface area contributed by atoms with Crippen molar-refractivity contribution in [2.45, 2.75) is 77.5 Å². The van der Waals surface area contributed by atoms with Crippen LogP contribution in [0.3, 0.4) is 0 Å². The Morgan fingerprint density at radius 1 is 1.21 bits per heavy atom. The summed E-state index contributed by atoms with van der Waals surface area (Å²) in [5.74, 6) is 2.19. The lowest BCUT2D eigenvalue weighted by atomic mass is 9.82. The fourth-order valence-corrected chi connectivity index (χ4v) is 4.41. The Morgan fingerprint density at radius 3 is 2.66 bits per heavy atom. The van der Waals surface area contributed by atoms with Crippen molar-refractivity contribution < 1.29 is 4.74 Å². The van der Waals surface area contributed by atoms with Crippen LogP contribution in [0.15, 0.2) is 47.4 Å². The molecule has 29 heavy (non-hydrogen) atoms. The maximum absolute atomic E-state index is 6.28. The summed E-state index contributed by atoms with van der Waals surface area (Å²) in [7, 11) is 0. The van der Waals surface area contributed by atoms with Crippen LogP contribution in [0.5, 0.6) is 5.75 Å². The molecule has 5 nitrogen and oxygen atoms in total. The molecule has 1 aromatic carbocycles. The minimum absolute atomic E-state index is 0.276. The third-order valence-corrected chi connectivity index (χ3v) is 6.40. The third-order valence-electron chi connectivity index (χ3n) is 6.40. The molecule has 2 atom stereocenters. The molecule has 1 saturated carbocycles. The maximum Gasteiger partial charge on any atom is 0.149 e. The van der Waals surface area contributed by atoms with Crippen LogP contribution < -0.4 is 15.8 Å². The zero-order chi connectivity index (χ0) is 20.2. The summed E-state index contributed by atoms with van der Waals surface area (Å²) in [6, 6.07) is 8.44. The average molecular weight is 395 g/mol. The van der Waals surface area contributed by atoms with Gasteiger partial charge in [-0.15, -0.1) is 0 Å². The molecule has 1 aromatic rings. The maximum atomic E-state index is 6.28. The van der Waals surface area contributed by atoms with Gasteiger partial charge in [-0.3, -0.25) is 0 Å². The molecule has 3 aliphatic rings. The van der Waals surface area contributed by atoms with Crippen molar-refractivity contribution in [2.24, 2.45) is 16.6 Å². The van der Waals surface area contributed by atoms with Crippen molar-refractivity contribution in [3.8, 4) is 5.75 Å². The summed E-state index contributed by atoms with van der Waals surface area (Å²) in [4.78, 5) is 6.61. The zero-order valence-electron chi connectivity index (χ0n) is 17.7. The van der Waals surface area contributed by atoms with Crippen LogP contribution in [-0.2, 0) is 0 Å². The summed E-state index contributed by atoms with van der Waals surface area (Å²) in [5.41, 5.74) is 9.49. The normalized spacial score (nSPS) is 22.1. The largest absolute Gasteiger partial charge is 0.490 e. The first-order chi connectivity index (χ1) is 14.2. The van der Waals surface area contributed by atoms with Gasteiger partial charge in [0.05, 0.1) is 11.8 Å². The first kappa shape index (κ1) is 19.9. The number of ether oxygens (including phenoxy) is 1. The van der Waals surface area contributed by atoms with Crippen LogP contribution >= 0.6 is 0 Å². The van der Waals surface area contributed by atoms with E-state index in [-0.39, 0.29) is 6.17 Å². The van der Waals surface area contributed by atoms with E-state index in [0.29, 0.717) is 17.9 Å². The summed E-state index contributed by atoms with van der Waals surface area (Å²) in [5, 5.41) is 3.74. The van der Waals surface area contributed by atoms with Crippen molar-refractivity contribution >= 4 is 11.5 Å². The zero-order valence-corrected chi connectivity index (χ0v) is 17.7. The molecule has 5 heteroatoms. The highest BCUT2D eigenvalue weighted by molar-refractivity contribution is 6.05. The molecule has 0 aromatic heterocycles. The summed E-state index contributed by atoms with van der Waals surface area (Å²) < 4.78 is 6.24. The van der Waals surface area contributed by atoms with Crippen molar-refractivity contribution in [1.29, 1.82) is 0 Å². The molecule has 2 heterocycles. The Bertz CT molecular complexity index is 792. The van der Waals surface area contributed by atoms with Gasteiger partial charge < -0.3 is 20.7 Å². The van der Waals surface area contributed by atoms with Gasteiger partial charge in [0, 0.05) is 18.0 Å². The fraction of sp³-hybridized carbons (Fsp3) is 0.542. The molecule has 156 valence electrons. The van der Waals surface area contributed by atoms with E-state index >= 15 is 0 Å². The van der Waals surface area contributed by atoms with Gasteiger partial charge in [-0.1, -0.05) is 33.1 Å². The molecule has 0 saturated heterocycles. The van der Waals surface area contributed by atoms with E-state index in [4.69, 9.17) is 10.5 Å². The van der Waals surface area contributed by atoms with Crippen LogP contribution in [0.25, 0.3) is 5.70 Å². The number of aliphatic imine (C=N–C) groups is 1. The number of nitrogens with one attached hydrogen (secondary N) is 1. The Hall–Kier alpha value is -2.43. The number of hydrogen-bond acceptors (Lipinski definition) is 5. The predicted octanol–water partition coefficient (Wildman–Crippen LogP) is 4.97. The molecule has 1 fully saturated rings. The monoisotopic (exact) mass is 394 g/mol. The highest BCUT2D eigenvalue weighted by Crippen LogP contribution is 2.39. The smallest absolute Gasteiger partial charge is 0.149 e. The number of unbranched alkanes of at least 4 members (excludes halogenated alkanes) is 2. The molecule has 0 spiro atoms. The molecule has 1 aliphatic carbocycles. The van der Waals surface area contributed by atoms with Crippen molar-refractivity contribution in [3.05, 3.63) is 47.9 Å². The third kappa shape index (κ3) is 4.14. The number of amidine groups is 1. The molecule has 2 unspecified atom stereocenters. The molecular formula is C24H34N4O. The number of rotatable bonds is 9. The van der Waals surface area contributed by atoms with Gasteiger partial charge in [-0.2, -0.15) is 0 Å². The van der Waals surface area contributed by atoms with E-state index in [2.05, 4.69) is 53.3 Å². The SMILES string of the molecule is CCCCCC(CC)Oc1ccc(C2=C3C(N)=NC=CN3C(C3CCC3)N2)cc1. The van der Waals surface area contributed by atoms with Crippen LogP contribution in [0.4, 0.5) is 0 Å². The molecule has 0 amide bonds. The van der Waals surface area contributed by atoms with Crippen LogP contribution in [-0.4, -0.2) is 23.0 Å². The van der Waals surface area contributed by atoms with E-state index in [9.17, 15) is 0 Å². The minimum Gasteiger partial charge on any atom is -0.490 e.